The average molecular weight is 199 g/mol. The van der Waals surface area contributed by atoms with Gasteiger partial charge in [0.15, 0.2) is 0 Å². The van der Waals surface area contributed by atoms with Crippen molar-refractivity contribution < 1.29 is 4.79 Å². The standard InChI is InChI=1S/C10H21N3O/c1-11(2)8-6-9(7-8)13(5)10(14)12(3)4/h8-9H,6-7H2,1-5H3. The number of hydrogen-bond acceptors (Lipinski definition) is 2. The molecule has 1 fully saturated rings. The van der Waals surface area contributed by atoms with Crippen molar-refractivity contribution in [1.29, 1.82) is 0 Å². The molecule has 14 heavy (non-hydrogen) atoms. The van der Waals surface area contributed by atoms with E-state index in [-0.39, 0.29) is 6.03 Å². The monoisotopic (exact) mass is 199 g/mol. The van der Waals surface area contributed by atoms with Crippen LogP contribution < -0.4 is 0 Å². The summed E-state index contributed by atoms with van der Waals surface area (Å²) >= 11 is 0. The molecule has 1 saturated carbocycles. The van der Waals surface area contributed by atoms with Crippen molar-refractivity contribution in [2.75, 3.05) is 35.2 Å². The van der Waals surface area contributed by atoms with Crippen molar-refractivity contribution in [3.63, 3.8) is 0 Å². The van der Waals surface area contributed by atoms with E-state index >= 15 is 0 Å². The van der Waals surface area contributed by atoms with Crippen molar-refractivity contribution in [3.05, 3.63) is 0 Å². The minimum Gasteiger partial charge on any atom is -0.331 e. The van der Waals surface area contributed by atoms with Crippen LogP contribution >= 0.6 is 0 Å². The van der Waals surface area contributed by atoms with Gasteiger partial charge in [-0.3, -0.25) is 0 Å². The molecule has 4 nitrogen and oxygen atoms in total. The number of hydrogen-bond donors (Lipinski definition) is 0. The number of urea groups is 1. The summed E-state index contributed by atoms with van der Waals surface area (Å²) < 4.78 is 0. The maximum atomic E-state index is 11.6. The smallest absolute Gasteiger partial charge is 0.319 e. The van der Waals surface area contributed by atoms with E-state index in [4.69, 9.17) is 0 Å². The zero-order chi connectivity index (χ0) is 10.9. The van der Waals surface area contributed by atoms with E-state index in [1.165, 1.54) is 0 Å². The summed E-state index contributed by atoms with van der Waals surface area (Å²) in [5.74, 6) is 0. The quantitative estimate of drug-likeness (QED) is 0.654. The molecule has 0 unspecified atom stereocenters. The molecule has 82 valence electrons. The summed E-state index contributed by atoms with van der Waals surface area (Å²) in [6.45, 7) is 0. The fourth-order valence-electron chi connectivity index (χ4n) is 1.77. The number of carbonyl (C=O) groups is 1. The molecular weight excluding hydrogens is 178 g/mol. The zero-order valence-electron chi connectivity index (χ0n) is 9.82. The third-order valence-corrected chi connectivity index (χ3v) is 3.05. The fraction of sp³-hybridized carbons (Fsp3) is 0.900. The van der Waals surface area contributed by atoms with Gasteiger partial charge in [-0.05, 0) is 26.9 Å². The maximum Gasteiger partial charge on any atom is 0.319 e. The zero-order valence-corrected chi connectivity index (χ0v) is 9.82. The van der Waals surface area contributed by atoms with Crippen molar-refractivity contribution in [1.82, 2.24) is 14.7 Å². The lowest BCUT2D eigenvalue weighted by Crippen LogP contribution is -2.54. The van der Waals surface area contributed by atoms with E-state index in [0.717, 1.165) is 12.8 Å². The van der Waals surface area contributed by atoms with Gasteiger partial charge in [0.05, 0.1) is 0 Å². The largest absolute Gasteiger partial charge is 0.331 e. The van der Waals surface area contributed by atoms with Gasteiger partial charge >= 0.3 is 6.03 Å². The van der Waals surface area contributed by atoms with Crippen LogP contribution in [0.1, 0.15) is 12.8 Å². The van der Waals surface area contributed by atoms with Gasteiger partial charge < -0.3 is 14.7 Å². The normalized spacial score (nSPS) is 25.9. The number of carbonyl (C=O) groups excluding carboxylic acids is 1. The van der Waals surface area contributed by atoms with E-state index in [9.17, 15) is 4.79 Å². The van der Waals surface area contributed by atoms with Gasteiger partial charge in [-0.1, -0.05) is 0 Å². The van der Waals surface area contributed by atoms with Gasteiger partial charge in [-0.25, -0.2) is 4.79 Å². The molecule has 0 aromatic carbocycles. The van der Waals surface area contributed by atoms with Gasteiger partial charge in [0.1, 0.15) is 0 Å². The molecule has 0 aromatic rings. The van der Waals surface area contributed by atoms with Crippen molar-refractivity contribution >= 4 is 6.03 Å². The molecule has 0 radical (unpaired) electrons. The summed E-state index contributed by atoms with van der Waals surface area (Å²) in [5, 5.41) is 0. The van der Waals surface area contributed by atoms with Crippen LogP contribution in [-0.2, 0) is 0 Å². The van der Waals surface area contributed by atoms with Gasteiger partial charge in [0.25, 0.3) is 0 Å². The Morgan fingerprint density at radius 2 is 1.50 bits per heavy atom. The van der Waals surface area contributed by atoms with Crippen LogP contribution in [0.15, 0.2) is 0 Å². The Labute approximate surface area is 86.5 Å². The minimum atomic E-state index is 0.104. The molecule has 0 N–H and O–H groups in total. The predicted molar refractivity (Wildman–Crippen MR) is 57.3 cm³/mol. The Morgan fingerprint density at radius 1 is 1.00 bits per heavy atom. The molecule has 2 amide bonds. The summed E-state index contributed by atoms with van der Waals surface area (Å²) in [6, 6.07) is 1.18. The molecule has 0 heterocycles. The molecular formula is C10H21N3O. The Kier molecular flexibility index (Phi) is 3.37. The van der Waals surface area contributed by atoms with Crippen LogP contribution in [0.3, 0.4) is 0 Å². The number of rotatable bonds is 2. The fourth-order valence-corrected chi connectivity index (χ4v) is 1.77. The van der Waals surface area contributed by atoms with E-state index in [1.54, 1.807) is 19.0 Å². The summed E-state index contributed by atoms with van der Waals surface area (Å²) in [6.07, 6.45) is 2.20. The highest BCUT2D eigenvalue weighted by molar-refractivity contribution is 5.74. The molecule has 0 aromatic heterocycles. The summed E-state index contributed by atoms with van der Waals surface area (Å²) in [5.41, 5.74) is 0. The molecule has 1 aliphatic rings. The highest BCUT2D eigenvalue weighted by Gasteiger charge is 2.35. The predicted octanol–water partition coefficient (Wildman–Crippen LogP) is 0.692. The van der Waals surface area contributed by atoms with E-state index in [1.807, 2.05) is 11.9 Å². The Balaban J connectivity index is 2.36. The summed E-state index contributed by atoms with van der Waals surface area (Å²) in [4.78, 5) is 17.3. The van der Waals surface area contributed by atoms with Crippen LogP contribution in [0, 0.1) is 0 Å². The van der Waals surface area contributed by atoms with Crippen LogP contribution in [0.2, 0.25) is 0 Å². The van der Waals surface area contributed by atoms with Crippen molar-refractivity contribution in [3.8, 4) is 0 Å². The summed E-state index contributed by atoms with van der Waals surface area (Å²) in [7, 11) is 9.66. The third kappa shape index (κ3) is 2.18. The molecule has 0 saturated heterocycles. The Hall–Kier alpha value is -0.770. The first-order valence-corrected chi connectivity index (χ1v) is 5.04. The topological polar surface area (TPSA) is 26.8 Å². The lowest BCUT2D eigenvalue weighted by Gasteiger charge is -2.44. The van der Waals surface area contributed by atoms with Crippen LogP contribution in [0.5, 0.6) is 0 Å². The van der Waals surface area contributed by atoms with Crippen LogP contribution in [-0.4, -0.2) is 68.1 Å². The average Bonchev–Trinajstić information content (AvgIpc) is 1.98. The lowest BCUT2D eigenvalue weighted by molar-refractivity contribution is 0.0761. The second kappa shape index (κ2) is 4.17. The van der Waals surface area contributed by atoms with E-state index in [2.05, 4.69) is 19.0 Å². The number of nitrogens with zero attached hydrogens (tertiary/aromatic N) is 3. The van der Waals surface area contributed by atoms with Gasteiger partial charge in [-0.15, -0.1) is 0 Å². The van der Waals surface area contributed by atoms with Gasteiger partial charge in [0, 0.05) is 33.2 Å². The SMILES string of the molecule is CN(C)C(=O)N(C)C1CC(N(C)C)C1. The Morgan fingerprint density at radius 3 is 1.86 bits per heavy atom. The second-order valence-electron chi connectivity index (χ2n) is 4.53. The highest BCUT2D eigenvalue weighted by atomic mass is 16.2. The lowest BCUT2D eigenvalue weighted by atomic mass is 9.85. The van der Waals surface area contributed by atoms with Crippen LogP contribution in [0.25, 0.3) is 0 Å². The number of amides is 2. The van der Waals surface area contributed by atoms with Crippen molar-refractivity contribution in [2.24, 2.45) is 0 Å². The molecule has 0 spiro atoms. The molecule has 0 bridgehead atoms. The first-order valence-electron chi connectivity index (χ1n) is 5.04. The molecule has 0 aliphatic heterocycles. The van der Waals surface area contributed by atoms with Crippen molar-refractivity contribution in [2.45, 2.75) is 24.9 Å². The first kappa shape index (κ1) is 11.3. The Bertz CT molecular complexity index is 209. The van der Waals surface area contributed by atoms with Gasteiger partial charge in [0.2, 0.25) is 0 Å². The second-order valence-corrected chi connectivity index (χ2v) is 4.53. The minimum absolute atomic E-state index is 0.104. The molecule has 4 heteroatoms. The van der Waals surface area contributed by atoms with E-state index in [0.29, 0.717) is 12.1 Å². The van der Waals surface area contributed by atoms with E-state index < -0.39 is 0 Å². The third-order valence-electron chi connectivity index (χ3n) is 3.05. The molecule has 0 atom stereocenters. The molecule has 1 aliphatic carbocycles. The first-order chi connectivity index (χ1) is 6.43. The maximum absolute atomic E-state index is 11.6. The van der Waals surface area contributed by atoms with Gasteiger partial charge in [-0.2, -0.15) is 0 Å². The molecule has 1 rings (SSSR count). The highest BCUT2D eigenvalue weighted by Crippen LogP contribution is 2.28. The van der Waals surface area contributed by atoms with Crippen LogP contribution in [0.4, 0.5) is 4.79 Å².